The largest absolute Gasteiger partial charge is 0.483 e. The monoisotopic (exact) mass is 416 g/mol. The number of amides is 2. The fraction of sp³-hybridized carbons (Fsp3) is 0.391. The maximum absolute atomic E-state index is 13.4. The minimum Gasteiger partial charge on any atom is -0.483 e. The summed E-state index contributed by atoms with van der Waals surface area (Å²) in [5, 5.41) is 0. The first-order chi connectivity index (χ1) is 14.2. The molecule has 2 amide bonds. The van der Waals surface area contributed by atoms with E-state index < -0.39 is 11.6 Å². The number of carbonyl (C=O) groups excluding carboxylic acids is 2. The average molecular weight is 416 g/mol. The third-order valence-corrected chi connectivity index (χ3v) is 5.13. The summed E-state index contributed by atoms with van der Waals surface area (Å²) < 4.78 is 32.3. The zero-order chi connectivity index (χ0) is 21.9. The van der Waals surface area contributed by atoms with E-state index in [9.17, 15) is 18.4 Å². The second-order valence-corrected chi connectivity index (χ2v) is 8.34. The molecule has 2 aromatic rings. The summed E-state index contributed by atoms with van der Waals surface area (Å²) in [4.78, 5) is 28.2. The Labute approximate surface area is 175 Å². The number of benzene rings is 2. The lowest BCUT2D eigenvalue weighted by Gasteiger charge is -2.35. The maximum atomic E-state index is 13.4. The Hall–Kier alpha value is -2.96. The number of halogens is 2. The van der Waals surface area contributed by atoms with Crippen molar-refractivity contribution < 1.29 is 23.1 Å². The standard InChI is InChI=1S/C23H26F2N2O3/c1-23(2,3)17-6-4-5-7-20(17)30-15-21(28)26-10-12-27(13-11-26)22(29)16-8-9-18(24)19(25)14-16/h4-9,14H,10-13,15H2,1-3H3. The zero-order valence-corrected chi connectivity index (χ0v) is 17.5. The van der Waals surface area contributed by atoms with E-state index in [0.717, 1.165) is 17.7 Å². The van der Waals surface area contributed by atoms with Crippen LogP contribution in [0, 0.1) is 11.6 Å². The Balaban J connectivity index is 1.55. The van der Waals surface area contributed by atoms with Gasteiger partial charge in [0.1, 0.15) is 5.75 Å². The molecule has 1 saturated heterocycles. The van der Waals surface area contributed by atoms with Crippen molar-refractivity contribution in [1.82, 2.24) is 9.80 Å². The molecule has 7 heteroatoms. The van der Waals surface area contributed by atoms with Crippen molar-refractivity contribution >= 4 is 11.8 Å². The summed E-state index contributed by atoms with van der Waals surface area (Å²) in [5.74, 6) is -1.89. The molecule has 1 fully saturated rings. The summed E-state index contributed by atoms with van der Waals surface area (Å²) in [6.07, 6.45) is 0. The summed E-state index contributed by atoms with van der Waals surface area (Å²) in [7, 11) is 0. The molecule has 0 bridgehead atoms. The molecule has 30 heavy (non-hydrogen) atoms. The van der Waals surface area contributed by atoms with Crippen LogP contribution in [0.25, 0.3) is 0 Å². The molecular weight excluding hydrogens is 390 g/mol. The first-order valence-corrected chi connectivity index (χ1v) is 9.91. The summed E-state index contributed by atoms with van der Waals surface area (Å²) in [6, 6.07) is 10.8. The van der Waals surface area contributed by atoms with Crippen molar-refractivity contribution in [3.05, 3.63) is 65.2 Å². The second kappa shape index (κ2) is 8.81. The molecule has 0 spiro atoms. The lowest BCUT2D eigenvalue weighted by molar-refractivity contribution is -0.134. The Morgan fingerprint density at radius 2 is 1.57 bits per heavy atom. The quantitative estimate of drug-likeness (QED) is 0.765. The molecule has 0 aliphatic carbocycles. The van der Waals surface area contributed by atoms with E-state index in [-0.39, 0.29) is 29.4 Å². The van der Waals surface area contributed by atoms with Crippen LogP contribution in [0.2, 0.25) is 0 Å². The van der Waals surface area contributed by atoms with Crippen LogP contribution < -0.4 is 4.74 Å². The fourth-order valence-electron chi connectivity index (χ4n) is 3.41. The highest BCUT2D eigenvalue weighted by molar-refractivity contribution is 5.94. The van der Waals surface area contributed by atoms with Crippen molar-refractivity contribution in [1.29, 1.82) is 0 Å². The first-order valence-electron chi connectivity index (χ1n) is 9.91. The van der Waals surface area contributed by atoms with Crippen LogP contribution in [0.5, 0.6) is 5.75 Å². The van der Waals surface area contributed by atoms with Gasteiger partial charge < -0.3 is 14.5 Å². The van der Waals surface area contributed by atoms with Gasteiger partial charge in [-0.2, -0.15) is 0 Å². The number of rotatable bonds is 4. The van der Waals surface area contributed by atoms with Crippen LogP contribution >= 0.6 is 0 Å². The van der Waals surface area contributed by atoms with Gasteiger partial charge in [0.2, 0.25) is 0 Å². The van der Waals surface area contributed by atoms with Crippen LogP contribution in [-0.2, 0) is 10.2 Å². The van der Waals surface area contributed by atoms with Gasteiger partial charge in [-0.3, -0.25) is 9.59 Å². The van der Waals surface area contributed by atoms with Crippen LogP contribution in [-0.4, -0.2) is 54.4 Å². The minimum absolute atomic E-state index is 0.0792. The topological polar surface area (TPSA) is 49.9 Å². The molecule has 1 heterocycles. The molecule has 0 radical (unpaired) electrons. The van der Waals surface area contributed by atoms with Gasteiger partial charge in [0.25, 0.3) is 11.8 Å². The summed E-state index contributed by atoms with van der Waals surface area (Å²) in [6.45, 7) is 7.53. The predicted octanol–water partition coefficient (Wildman–Crippen LogP) is 3.63. The van der Waals surface area contributed by atoms with Gasteiger partial charge in [-0.25, -0.2) is 8.78 Å². The van der Waals surface area contributed by atoms with Crippen molar-refractivity contribution in [2.24, 2.45) is 0 Å². The van der Waals surface area contributed by atoms with E-state index in [2.05, 4.69) is 20.8 Å². The summed E-state index contributed by atoms with van der Waals surface area (Å²) in [5.41, 5.74) is 1.02. The molecule has 5 nitrogen and oxygen atoms in total. The third kappa shape index (κ3) is 4.96. The zero-order valence-electron chi connectivity index (χ0n) is 17.5. The van der Waals surface area contributed by atoms with Crippen LogP contribution in [0.3, 0.4) is 0 Å². The van der Waals surface area contributed by atoms with E-state index in [1.165, 1.54) is 11.0 Å². The third-order valence-electron chi connectivity index (χ3n) is 5.13. The molecule has 3 rings (SSSR count). The highest BCUT2D eigenvalue weighted by Crippen LogP contribution is 2.30. The van der Waals surface area contributed by atoms with Gasteiger partial charge in [0.15, 0.2) is 18.2 Å². The number of nitrogens with zero attached hydrogens (tertiary/aromatic N) is 2. The molecule has 1 aliphatic heterocycles. The van der Waals surface area contributed by atoms with Crippen molar-refractivity contribution in [3.63, 3.8) is 0 Å². The van der Waals surface area contributed by atoms with E-state index in [4.69, 9.17) is 4.74 Å². The number of ether oxygens (including phenoxy) is 1. The van der Waals surface area contributed by atoms with Gasteiger partial charge in [-0.15, -0.1) is 0 Å². The van der Waals surface area contributed by atoms with Crippen molar-refractivity contribution in [2.75, 3.05) is 32.8 Å². The molecule has 0 aromatic heterocycles. The van der Waals surface area contributed by atoms with E-state index >= 15 is 0 Å². The normalized spacial score (nSPS) is 14.6. The number of hydrogen-bond donors (Lipinski definition) is 0. The lowest BCUT2D eigenvalue weighted by atomic mass is 9.86. The van der Waals surface area contributed by atoms with Gasteiger partial charge in [0, 0.05) is 31.7 Å². The Morgan fingerprint density at radius 1 is 0.933 bits per heavy atom. The second-order valence-electron chi connectivity index (χ2n) is 8.34. The lowest BCUT2D eigenvalue weighted by Crippen LogP contribution is -2.51. The predicted molar refractivity (Wildman–Crippen MR) is 109 cm³/mol. The Kier molecular flexibility index (Phi) is 6.39. The SMILES string of the molecule is CC(C)(C)c1ccccc1OCC(=O)N1CCN(C(=O)c2ccc(F)c(F)c2)CC1. The van der Waals surface area contributed by atoms with E-state index in [1.807, 2.05) is 24.3 Å². The van der Waals surface area contributed by atoms with Crippen LogP contribution in [0.4, 0.5) is 8.78 Å². The number of piperazine rings is 1. The highest BCUT2D eigenvalue weighted by atomic mass is 19.2. The van der Waals surface area contributed by atoms with E-state index in [1.54, 1.807) is 4.90 Å². The van der Waals surface area contributed by atoms with Gasteiger partial charge in [-0.1, -0.05) is 39.0 Å². The summed E-state index contributed by atoms with van der Waals surface area (Å²) >= 11 is 0. The molecule has 0 saturated carbocycles. The highest BCUT2D eigenvalue weighted by Gasteiger charge is 2.26. The van der Waals surface area contributed by atoms with Crippen molar-refractivity contribution in [3.8, 4) is 5.75 Å². The Bertz CT molecular complexity index is 932. The van der Waals surface area contributed by atoms with Gasteiger partial charge in [-0.05, 0) is 35.2 Å². The molecule has 160 valence electrons. The molecular formula is C23H26F2N2O3. The number of para-hydroxylation sites is 1. The van der Waals surface area contributed by atoms with Gasteiger partial charge >= 0.3 is 0 Å². The molecule has 0 N–H and O–H groups in total. The number of hydrogen-bond acceptors (Lipinski definition) is 3. The van der Waals surface area contributed by atoms with E-state index in [0.29, 0.717) is 31.9 Å². The van der Waals surface area contributed by atoms with Crippen molar-refractivity contribution in [2.45, 2.75) is 26.2 Å². The minimum atomic E-state index is -1.05. The maximum Gasteiger partial charge on any atom is 0.260 e. The number of carbonyl (C=O) groups is 2. The molecule has 0 atom stereocenters. The molecule has 2 aromatic carbocycles. The fourth-order valence-corrected chi connectivity index (χ4v) is 3.41. The Morgan fingerprint density at radius 3 is 2.20 bits per heavy atom. The van der Waals surface area contributed by atoms with Gasteiger partial charge in [0.05, 0.1) is 0 Å². The molecule has 0 unspecified atom stereocenters. The smallest absolute Gasteiger partial charge is 0.260 e. The average Bonchev–Trinajstić information content (AvgIpc) is 2.73. The molecule has 1 aliphatic rings. The first kappa shape index (κ1) is 21.7. The van der Waals surface area contributed by atoms with Crippen LogP contribution in [0.15, 0.2) is 42.5 Å². The van der Waals surface area contributed by atoms with Crippen LogP contribution in [0.1, 0.15) is 36.7 Å².